The standard InChI is InChI=1S/C14H15BrN2O2S/c1-9-17-10(8-20-9)5-6-16-14(18)12-7-11(19-2)3-4-13(12)15/h3-4,7-8H,5-6H2,1-2H3,(H,16,18). The SMILES string of the molecule is COc1ccc(Br)c(C(=O)NCCc2csc(C)n2)c1. The van der Waals surface area contributed by atoms with Gasteiger partial charge in [0.2, 0.25) is 0 Å². The summed E-state index contributed by atoms with van der Waals surface area (Å²) in [5.41, 5.74) is 1.58. The maximum atomic E-state index is 12.1. The van der Waals surface area contributed by atoms with Crippen molar-refractivity contribution in [1.82, 2.24) is 10.3 Å². The van der Waals surface area contributed by atoms with Crippen LogP contribution in [0.4, 0.5) is 0 Å². The maximum absolute atomic E-state index is 12.1. The molecule has 1 heterocycles. The van der Waals surface area contributed by atoms with E-state index in [0.29, 0.717) is 17.9 Å². The molecule has 0 aliphatic heterocycles. The number of benzene rings is 1. The Morgan fingerprint density at radius 3 is 2.95 bits per heavy atom. The van der Waals surface area contributed by atoms with Crippen molar-refractivity contribution in [2.75, 3.05) is 13.7 Å². The third-order valence-electron chi connectivity index (χ3n) is 2.75. The van der Waals surface area contributed by atoms with E-state index in [4.69, 9.17) is 4.74 Å². The predicted molar refractivity (Wildman–Crippen MR) is 83.6 cm³/mol. The van der Waals surface area contributed by atoms with Gasteiger partial charge in [0, 0.05) is 22.8 Å². The lowest BCUT2D eigenvalue weighted by Gasteiger charge is -2.08. The normalized spacial score (nSPS) is 10.3. The van der Waals surface area contributed by atoms with E-state index in [0.717, 1.165) is 21.6 Å². The Morgan fingerprint density at radius 1 is 1.50 bits per heavy atom. The van der Waals surface area contributed by atoms with Gasteiger partial charge in [-0.15, -0.1) is 11.3 Å². The van der Waals surface area contributed by atoms with Crippen molar-refractivity contribution in [3.05, 3.63) is 44.3 Å². The van der Waals surface area contributed by atoms with Crippen molar-refractivity contribution in [2.24, 2.45) is 0 Å². The van der Waals surface area contributed by atoms with Crippen LogP contribution in [-0.2, 0) is 6.42 Å². The second kappa shape index (κ2) is 6.85. The molecule has 0 radical (unpaired) electrons. The van der Waals surface area contributed by atoms with Gasteiger partial charge in [-0.3, -0.25) is 4.79 Å². The summed E-state index contributed by atoms with van der Waals surface area (Å²) in [6.07, 6.45) is 0.734. The van der Waals surface area contributed by atoms with Crippen molar-refractivity contribution in [3.63, 3.8) is 0 Å². The second-order valence-electron chi connectivity index (χ2n) is 4.21. The van der Waals surface area contributed by atoms with Gasteiger partial charge in [0.1, 0.15) is 5.75 Å². The van der Waals surface area contributed by atoms with Gasteiger partial charge in [-0.05, 0) is 41.1 Å². The number of halogens is 1. The number of nitrogens with zero attached hydrogens (tertiary/aromatic N) is 1. The first-order valence-corrected chi connectivity index (χ1v) is 7.80. The number of methoxy groups -OCH3 is 1. The Hall–Kier alpha value is -1.40. The number of hydrogen-bond donors (Lipinski definition) is 1. The van der Waals surface area contributed by atoms with Gasteiger partial charge in [0.25, 0.3) is 5.91 Å². The minimum Gasteiger partial charge on any atom is -0.497 e. The Kier molecular flexibility index (Phi) is 5.14. The van der Waals surface area contributed by atoms with Crippen molar-refractivity contribution in [3.8, 4) is 5.75 Å². The molecular weight excluding hydrogens is 340 g/mol. The molecule has 0 atom stereocenters. The minimum atomic E-state index is -0.122. The zero-order valence-corrected chi connectivity index (χ0v) is 13.7. The summed E-state index contributed by atoms with van der Waals surface area (Å²) in [5, 5.41) is 5.95. The number of nitrogens with one attached hydrogen (secondary N) is 1. The van der Waals surface area contributed by atoms with Crippen molar-refractivity contribution >= 4 is 33.2 Å². The molecule has 4 nitrogen and oxygen atoms in total. The summed E-state index contributed by atoms with van der Waals surface area (Å²) < 4.78 is 5.88. The molecule has 1 aromatic carbocycles. The van der Waals surface area contributed by atoms with Crippen LogP contribution < -0.4 is 10.1 Å². The number of carbonyl (C=O) groups excluding carboxylic acids is 1. The molecule has 0 aliphatic carbocycles. The molecule has 0 fully saturated rings. The topological polar surface area (TPSA) is 51.2 Å². The first-order valence-electron chi connectivity index (χ1n) is 6.13. The Balaban J connectivity index is 1.94. The Labute approximate surface area is 130 Å². The molecular formula is C14H15BrN2O2S. The zero-order valence-electron chi connectivity index (χ0n) is 11.3. The van der Waals surface area contributed by atoms with Gasteiger partial charge in [-0.25, -0.2) is 4.98 Å². The lowest BCUT2D eigenvalue weighted by atomic mass is 10.2. The highest BCUT2D eigenvalue weighted by Gasteiger charge is 2.11. The van der Waals surface area contributed by atoms with E-state index in [-0.39, 0.29) is 5.91 Å². The van der Waals surface area contributed by atoms with Crippen LogP contribution in [0.2, 0.25) is 0 Å². The summed E-state index contributed by atoms with van der Waals surface area (Å²) in [4.78, 5) is 16.5. The molecule has 2 aromatic rings. The number of carbonyl (C=O) groups is 1. The molecule has 0 saturated heterocycles. The van der Waals surface area contributed by atoms with Crippen LogP contribution in [0.25, 0.3) is 0 Å². The third kappa shape index (κ3) is 3.80. The molecule has 0 bridgehead atoms. The number of aromatic nitrogens is 1. The van der Waals surface area contributed by atoms with E-state index in [1.807, 2.05) is 12.3 Å². The second-order valence-corrected chi connectivity index (χ2v) is 6.13. The molecule has 6 heteroatoms. The van der Waals surface area contributed by atoms with Gasteiger partial charge in [0.15, 0.2) is 0 Å². The van der Waals surface area contributed by atoms with Crippen LogP contribution in [0.3, 0.4) is 0 Å². The molecule has 0 saturated carbocycles. The summed E-state index contributed by atoms with van der Waals surface area (Å²) in [6.45, 7) is 2.53. The number of rotatable bonds is 5. The van der Waals surface area contributed by atoms with Crippen LogP contribution in [0, 0.1) is 6.92 Å². The summed E-state index contributed by atoms with van der Waals surface area (Å²) in [6, 6.07) is 5.32. The molecule has 2 rings (SSSR count). The van der Waals surface area contributed by atoms with E-state index < -0.39 is 0 Å². The van der Waals surface area contributed by atoms with Gasteiger partial charge in [0.05, 0.1) is 23.4 Å². The van der Waals surface area contributed by atoms with E-state index in [1.54, 1.807) is 36.6 Å². The molecule has 1 N–H and O–H groups in total. The average Bonchev–Trinajstić information content (AvgIpc) is 2.85. The molecule has 0 spiro atoms. The highest BCUT2D eigenvalue weighted by Crippen LogP contribution is 2.22. The summed E-state index contributed by atoms with van der Waals surface area (Å²) >= 11 is 4.99. The average molecular weight is 355 g/mol. The molecule has 0 unspecified atom stereocenters. The summed E-state index contributed by atoms with van der Waals surface area (Å²) in [5.74, 6) is 0.538. The van der Waals surface area contributed by atoms with Crippen molar-refractivity contribution in [2.45, 2.75) is 13.3 Å². The van der Waals surface area contributed by atoms with Crippen LogP contribution >= 0.6 is 27.3 Å². The van der Waals surface area contributed by atoms with E-state index in [1.165, 1.54) is 0 Å². The summed E-state index contributed by atoms with van der Waals surface area (Å²) in [7, 11) is 1.58. The Morgan fingerprint density at radius 2 is 2.30 bits per heavy atom. The minimum absolute atomic E-state index is 0.122. The van der Waals surface area contributed by atoms with Crippen LogP contribution in [-0.4, -0.2) is 24.5 Å². The number of aryl methyl sites for hydroxylation is 1. The molecule has 1 amide bonds. The highest BCUT2D eigenvalue weighted by atomic mass is 79.9. The van der Waals surface area contributed by atoms with E-state index >= 15 is 0 Å². The monoisotopic (exact) mass is 354 g/mol. The molecule has 1 aromatic heterocycles. The van der Waals surface area contributed by atoms with Crippen LogP contribution in [0.5, 0.6) is 5.75 Å². The molecule has 20 heavy (non-hydrogen) atoms. The first-order chi connectivity index (χ1) is 9.60. The van der Waals surface area contributed by atoms with Crippen molar-refractivity contribution in [1.29, 1.82) is 0 Å². The van der Waals surface area contributed by atoms with Gasteiger partial charge in [-0.2, -0.15) is 0 Å². The number of amides is 1. The molecule has 106 valence electrons. The van der Waals surface area contributed by atoms with Gasteiger partial charge in [-0.1, -0.05) is 0 Å². The quantitative estimate of drug-likeness (QED) is 0.896. The maximum Gasteiger partial charge on any atom is 0.252 e. The fourth-order valence-corrected chi connectivity index (χ4v) is 2.80. The number of thiazole rings is 1. The van der Waals surface area contributed by atoms with Gasteiger partial charge < -0.3 is 10.1 Å². The lowest BCUT2D eigenvalue weighted by molar-refractivity contribution is 0.0953. The number of hydrogen-bond acceptors (Lipinski definition) is 4. The zero-order chi connectivity index (χ0) is 14.5. The lowest BCUT2D eigenvalue weighted by Crippen LogP contribution is -2.26. The first kappa shape index (κ1) is 15.0. The fraction of sp³-hybridized carbons (Fsp3) is 0.286. The largest absolute Gasteiger partial charge is 0.497 e. The van der Waals surface area contributed by atoms with Crippen LogP contribution in [0.15, 0.2) is 28.1 Å². The molecule has 0 aliphatic rings. The van der Waals surface area contributed by atoms with Crippen LogP contribution in [0.1, 0.15) is 21.1 Å². The van der Waals surface area contributed by atoms with Crippen molar-refractivity contribution < 1.29 is 9.53 Å². The van der Waals surface area contributed by atoms with E-state index in [2.05, 4.69) is 26.2 Å². The number of ether oxygens (including phenoxy) is 1. The Bertz CT molecular complexity index is 613. The van der Waals surface area contributed by atoms with E-state index in [9.17, 15) is 4.79 Å². The highest BCUT2D eigenvalue weighted by molar-refractivity contribution is 9.10. The predicted octanol–water partition coefficient (Wildman–Crippen LogP) is 3.20. The van der Waals surface area contributed by atoms with Gasteiger partial charge >= 0.3 is 0 Å². The smallest absolute Gasteiger partial charge is 0.252 e. The third-order valence-corrected chi connectivity index (χ3v) is 4.27. The fourth-order valence-electron chi connectivity index (χ4n) is 1.73.